The highest BCUT2D eigenvalue weighted by molar-refractivity contribution is 6.21. The minimum absolute atomic E-state index is 0.113. The van der Waals surface area contributed by atoms with Crippen molar-refractivity contribution in [1.29, 1.82) is 0 Å². The van der Waals surface area contributed by atoms with Gasteiger partial charge in [-0.2, -0.15) is 0 Å². The quantitative estimate of drug-likeness (QED) is 0.512. The number of nitrogens with one attached hydrogen (secondary N) is 1. The van der Waals surface area contributed by atoms with Crippen molar-refractivity contribution in [2.24, 2.45) is 0 Å². The molecule has 45 valence electrons. The van der Waals surface area contributed by atoms with Gasteiger partial charge < -0.3 is 5.32 Å². The molecule has 8 heavy (non-hydrogen) atoms. The number of alkyl halides is 1. The van der Waals surface area contributed by atoms with E-state index in [1.165, 1.54) is 0 Å². The third kappa shape index (κ3) is 1.20. The van der Waals surface area contributed by atoms with E-state index in [0.29, 0.717) is 0 Å². The summed E-state index contributed by atoms with van der Waals surface area (Å²) in [5.41, 5.74) is 0. The molecule has 0 aromatic carbocycles. The Hall–Kier alpha value is -0.0800. The summed E-state index contributed by atoms with van der Waals surface area (Å²) in [6.07, 6.45) is 2.58. The molecule has 0 aromatic rings. The van der Waals surface area contributed by atoms with Crippen LogP contribution in [0.5, 0.6) is 0 Å². The fourth-order valence-corrected chi connectivity index (χ4v) is 1.05. The smallest absolute Gasteiger partial charge is 0.216 e. The average Bonchev–Trinajstić information content (AvgIpc) is 2.14. The van der Waals surface area contributed by atoms with Gasteiger partial charge in [0, 0.05) is 11.9 Å². The minimum atomic E-state index is -0.113. The van der Waals surface area contributed by atoms with Gasteiger partial charge in [-0.3, -0.25) is 4.79 Å². The van der Waals surface area contributed by atoms with Gasteiger partial charge in [-0.25, -0.2) is 0 Å². The number of hydrogen-bond acceptors (Lipinski definition) is 2. The Labute approximate surface area is 53.2 Å². The fourth-order valence-electron chi connectivity index (χ4n) is 0.782. The Kier molecular flexibility index (Phi) is 1.86. The van der Waals surface area contributed by atoms with Crippen LogP contribution in [0.1, 0.15) is 6.42 Å². The molecule has 2 nitrogen and oxygen atoms in total. The molecular weight excluding hydrogens is 126 g/mol. The molecule has 0 aromatic heterocycles. The second-order valence-electron chi connectivity index (χ2n) is 1.91. The van der Waals surface area contributed by atoms with Crippen molar-refractivity contribution in [3.63, 3.8) is 0 Å². The lowest BCUT2D eigenvalue weighted by molar-refractivity contribution is 0.534. The van der Waals surface area contributed by atoms with Crippen LogP contribution in [-0.2, 0) is 4.79 Å². The zero-order valence-corrected chi connectivity index (χ0v) is 5.11. The Morgan fingerprint density at radius 2 is 2.50 bits per heavy atom. The van der Waals surface area contributed by atoms with Crippen LogP contribution >= 0.6 is 11.6 Å². The van der Waals surface area contributed by atoms with Crippen molar-refractivity contribution in [3.8, 4) is 0 Å². The van der Waals surface area contributed by atoms with E-state index in [2.05, 4.69) is 5.32 Å². The van der Waals surface area contributed by atoms with E-state index >= 15 is 0 Å². The predicted molar refractivity (Wildman–Crippen MR) is 31.7 cm³/mol. The molecular formula is C5H7ClNO. The molecule has 1 N–H and O–H groups in total. The lowest BCUT2D eigenvalue weighted by Crippen LogP contribution is -2.22. The summed E-state index contributed by atoms with van der Waals surface area (Å²) >= 11 is 5.64. The van der Waals surface area contributed by atoms with Gasteiger partial charge in [0.15, 0.2) is 0 Å². The molecule has 3 heteroatoms. The molecule has 1 fully saturated rings. The number of hydrogen-bond donors (Lipinski definition) is 1. The Bertz CT molecular complexity index is 96.4. The molecule has 1 rings (SSSR count). The zero-order valence-electron chi connectivity index (χ0n) is 4.36. The first kappa shape index (κ1) is 6.05. The van der Waals surface area contributed by atoms with Crippen LogP contribution in [0.3, 0.4) is 0 Å². The maximum Gasteiger partial charge on any atom is 0.216 e. The van der Waals surface area contributed by atoms with E-state index in [4.69, 9.17) is 11.6 Å². The molecule has 0 unspecified atom stereocenters. The third-order valence-electron chi connectivity index (χ3n) is 1.22. The molecule has 1 saturated heterocycles. The van der Waals surface area contributed by atoms with Crippen LogP contribution in [0.25, 0.3) is 0 Å². The third-order valence-corrected chi connectivity index (χ3v) is 1.55. The van der Waals surface area contributed by atoms with Gasteiger partial charge in [-0.1, -0.05) is 0 Å². The molecule has 0 spiro atoms. The largest absolute Gasteiger partial charge is 0.306 e. The summed E-state index contributed by atoms with van der Waals surface area (Å²) in [6.45, 7) is 0.738. The van der Waals surface area contributed by atoms with Crippen LogP contribution in [0.2, 0.25) is 0 Å². The van der Waals surface area contributed by atoms with E-state index in [0.717, 1.165) is 13.0 Å². The van der Waals surface area contributed by atoms with E-state index in [1.54, 1.807) is 0 Å². The number of halogens is 1. The standard InChI is InChI=1S/C5H7ClNO/c6-4-1-5(3-8)7-2-4/h4-5,7H,1-2H2/t4-,5+/m1/s1. The molecule has 0 aliphatic carbocycles. The normalized spacial score (nSPS) is 37.6. The minimum Gasteiger partial charge on any atom is -0.306 e. The predicted octanol–water partition coefficient (Wildman–Crippen LogP) is 0.0654. The van der Waals surface area contributed by atoms with Gasteiger partial charge in [-0.05, 0) is 6.42 Å². The van der Waals surface area contributed by atoms with Crippen LogP contribution in [0, 0.1) is 0 Å². The van der Waals surface area contributed by atoms with Crippen molar-refractivity contribution < 1.29 is 4.79 Å². The van der Waals surface area contributed by atoms with E-state index in [-0.39, 0.29) is 11.4 Å². The zero-order chi connectivity index (χ0) is 5.98. The summed E-state index contributed by atoms with van der Waals surface area (Å²) < 4.78 is 0. The van der Waals surface area contributed by atoms with Crippen LogP contribution < -0.4 is 5.32 Å². The van der Waals surface area contributed by atoms with Crippen molar-refractivity contribution in [2.75, 3.05) is 6.54 Å². The topological polar surface area (TPSA) is 29.1 Å². The second kappa shape index (κ2) is 2.46. The van der Waals surface area contributed by atoms with Crippen LogP contribution in [-0.4, -0.2) is 24.2 Å². The molecule has 0 saturated carbocycles. The summed E-state index contributed by atoms with van der Waals surface area (Å²) in [6, 6.07) is -0.113. The van der Waals surface area contributed by atoms with Gasteiger partial charge in [0.25, 0.3) is 0 Å². The van der Waals surface area contributed by atoms with Crippen molar-refractivity contribution in [1.82, 2.24) is 5.32 Å². The molecule has 1 radical (unpaired) electrons. The monoisotopic (exact) mass is 132 g/mol. The van der Waals surface area contributed by atoms with Gasteiger partial charge in [0.05, 0.1) is 6.04 Å². The van der Waals surface area contributed by atoms with Gasteiger partial charge in [0.2, 0.25) is 6.29 Å². The molecule has 1 aliphatic rings. The summed E-state index contributed by atoms with van der Waals surface area (Å²) in [5, 5.41) is 3.03. The lowest BCUT2D eigenvalue weighted by Gasteiger charge is -1.92. The van der Waals surface area contributed by atoms with Crippen molar-refractivity contribution >= 4 is 17.9 Å². The first-order valence-corrected chi connectivity index (χ1v) is 3.01. The van der Waals surface area contributed by atoms with Crippen molar-refractivity contribution in [2.45, 2.75) is 17.8 Å². The Morgan fingerprint density at radius 3 is 2.75 bits per heavy atom. The first-order chi connectivity index (χ1) is 3.83. The molecule has 1 aliphatic heterocycles. The fraction of sp³-hybridized carbons (Fsp3) is 0.800. The molecule has 1 heterocycles. The maximum absolute atomic E-state index is 9.91. The van der Waals surface area contributed by atoms with Crippen molar-refractivity contribution in [3.05, 3.63) is 0 Å². The highest BCUT2D eigenvalue weighted by atomic mass is 35.5. The lowest BCUT2D eigenvalue weighted by atomic mass is 10.2. The highest BCUT2D eigenvalue weighted by Gasteiger charge is 2.21. The molecule has 2 atom stereocenters. The van der Waals surface area contributed by atoms with Gasteiger partial charge in [-0.15, -0.1) is 11.6 Å². The van der Waals surface area contributed by atoms with E-state index in [1.807, 2.05) is 6.29 Å². The van der Waals surface area contributed by atoms with Gasteiger partial charge in [0.1, 0.15) is 0 Å². The van der Waals surface area contributed by atoms with E-state index < -0.39 is 0 Å². The average molecular weight is 133 g/mol. The van der Waals surface area contributed by atoms with Crippen LogP contribution in [0.4, 0.5) is 0 Å². The number of carbonyl (C=O) groups excluding carboxylic acids is 1. The maximum atomic E-state index is 9.91. The SMILES string of the molecule is O=[C][C@@H]1C[C@@H](Cl)CN1. The summed E-state index contributed by atoms with van der Waals surface area (Å²) in [7, 11) is 0. The molecule has 0 amide bonds. The van der Waals surface area contributed by atoms with Crippen LogP contribution in [0.15, 0.2) is 0 Å². The second-order valence-corrected chi connectivity index (χ2v) is 2.53. The van der Waals surface area contributed by atoms with Gasteiger partial charge >= 0.3 is 0 Å². The first-order valence-electron chi connectivity index (χ1n) is 2.58. The highest BCUT2D eigenvalue weighted by Crippen LogP contribution is 2.09. The summed E-state index contributed by atoms with van der Waals surface area (Å²) in [4.78, 5) is 9.91. The Balaban J connectivity index is 2.32. The number of rotatable bonds is 1. The summed E-state index contributed by atoms with van der Waals surface area (Å²) in [5.74, 6) is 0. The van der Waals surface area contributed by atoms with E-state index in [9.17, 15) is 4.79 Å². The molecule has 0 bridgehead atoms. The Morgan fingerprint density at radius 1 is 1.75 bits per heavy atom.